The molecule has 0 radical (unpaired) electrons. The summed E-state index contributed by atoms with van der Waals surface area (Å²) in [6.45, 7) is 6.76. The van der Waals surface area contributed by atoms with Crippen LogP contribution in [-0.4, -0.2) is 60.2 Å². The number of carbonyl (C=O) groups excluding carboxylic acids is 1. The van der Waals surface area contributed by atoms with Gasteiger partial charge in [-0.15, -0.1) is 0 Å². The number of nitrogens with one attached hydrogen (secondary N) is 1. The van der Waals surface area contributed by atoms with Gasteiger partial charge in [0.1, 0.15) is 12.6 Å². The maximum absolute atomic E-state index is 12.5. The van der Waals surface area contributed by atoms with Gasteiger partial charge in [-0.2, -0.15) is 0 Å². The Labute approximate surface area is 125 Å². The third kappa shape index (κ3) is 2.73. The minimum atomic E-state index is -1.71. The van der Waals surface area contributed by atoms with E-state index < -0.39 is 23.8 Å². The molecular formula is C15H26NO5+. The summed E-state index contributed by atoms with van der Waals surface area (Å²) in [5.41, 5.74) is -1.71. The molecule has 21 heavy (non-hydrogen) atoms. The van der Waals surface area contributed by atoms with Crippen LogP contribution >= 0.6 is 0 Å². The average Bonchev–Trinajstić information content (AvgIpc) is 3.01. The number of esters is 1. The summed E-state index contributed by atoms with van der Waals surface area (Å²) in [6, 6.07) is -0.191. The maximum Gasteiger partial charge on any atom is 0.346 e. The van der Waals surface area contributed by atoms with Gasteiger partial charge in [-0.05, 0) is 12.8 Å². The maximum atomic E-state index is 12.5. The van der Waals surface area contributed by atoms with Gasteiger partial charge in [0.2, 0.25) is 0 Å². The molecule has 0 aromatic heterocycles. The van der Waals surface area contributed by atoms with E-state index in [1.165, 1.54) is 12.0 Å². The molecule has 5 atom stereocenters. The van der Waals surface area contributed by atoms with Crippen LogP contribution < -0.4 is 4.90 Å². The lowest BCUT2D eigenvalue weighted by Crippen LogP contribution is -3.12. The topological polar surface area (TPSA) is 80.4 Å². The highest BCUT2D eigenvalue weighted by Gasteiger charge is 2.50. The Bertz CT molecular complexity index is 436. The van der Waals surface area contributed by atoms with Gasteiger partial charge in [0, 0.05) is 19.6 Å². The second kappa shape index (κ2) is 6.04. The number of fused-ring (bicyclic) bond motifs is 1. The number of methoxy groups -OCH3 is 1. The molecule has 3 N–H and O–H groups in total. The van der Waals surface area contributed by atoms with Crippen molar-refractivity contribution in [2.24, 2.45) is 5.92 Å². The molecule has 2 rings (SSSR count). The second-order valence-corrected chi connectivity index (χ2v) is 6.30. The SMILES string of the molecule is CO[C@@H](C)[C@@](O)(C(=O)OC1=CC[NH+]2CC[C@@H](O)[C@H]12)C(C)C. The molecule has 2 heterocycles. The first kappa shape index (κ1) is 16.4. The lowest BCUT2D eigenvalue weighted by molar-refractivity contribution is -0.898. The predicted molar refractivity (Wildman–Crippen MR) is 75.5 cm³/mol. The predicted octanol–water partition coefficient (Wildman–Crippen LogP) is -1.13. The molecular weight excluding hydrogens is 274 g/mol. The van der Waals surface area contributed by atoms with Crippen molar-refractivity contribution >= 4 is 5.97 Å². The van der Waals surface area contributed by atoms with Gasteiger partial charge in [0.05, 0.1) is 12.6 Å². The van der Waals surface area contributed by atoms with Gasteiger partial charge < -0.3 is 24.6 Å². The molecule has 1 saturated heterocycles. The van der Waals surface area contributed by atoms with Gasteiger partial charge in [0.25, 0.3) is 0 Å². The standard InChI is InChI=1S/C15H25NO5/c1-9(2)15(19,10(3)20-4)14(18)21-12-6-8-16-7-5-11(17)13(12)16/h6,9-11,13,17,19H,5,7-8H2,1-4H3/p+1/t10-,11+,13+,15+/m0/s1. The highest BCUT2D eigenvalue weighted by Crippen LogP contribution is 2.27. The number of aliphatic hydroxyl groups excluding tert-OH is 1. The van der Waals surface area contributed by atoms with Crippen molar-refractivity contribution in [3.8, 4) is 0 Å². The van der Waals surface area contributed by atoms with Gasteiger partial charge in [-0.25, -0.2) is 4.79 Å². The zero-order valence-corrected chi connectivity index (χ0v) is 13.1. The summed E-state index contributed by atoms with van der Waals surface area (Å²) < 4.78 is 10.6. The van der Waals surface area contributed by atoms with Crippen molar-refractivity contribution in [3.63, 3.8) is 0 Å². The largest absolute Gasteiger partial charge is 0.422 e. The highest BCUT2D eigenvalue weighted by molar-refractivity contribution is 5.81. The Morgan fingerprint density at radius 2 is 2.14 bits per heavy atom. The molecule has 2 aliphatic rings. The van der Waals surface area contributed by atoms with Crippen molar-refractivity contribution in [2.45, 2.75) is 51.0 Å². The average molecular weight is 300 g/mol. The summed E-state index contributed by atoms with van der Waals surface area (Å²) in [5.74, 6) is -0.584. The van der Waals surface area contributed by atoms with Crippen LogP contribution in [0.4, 0.5) is 0 Å². The van der Waals surface area contributed by atoms with Crippen LogP contribution in [0.25, 0.3) is 0 Å². The van der Waals surface area contributed by atoms with Gasteiger partial charge in [-0.3, -0.25) is 0 Å². The monoisotopic (exact) mass is 300 g/mol. The Hall–Kier alpha value is -0.950. The molecule has 0 aromatic rings. The van der Waals surface area contributed by atoms with E-state index in [0.29, 0.717) is 12.2 Å². The smallest absolute Gasteiger partial charge is 0.346 e. The van der Waals surface area contributed by atoms with Crippen molar-refractivity contribution in [3.05, 3.63) is 11.8 Å². The fourth-order valence-electron chi connectivity index (χ4n) is 3.25. The van der Waals surface area contributed by atoms with Crippen LogP contribution in [-0.2, 0) is 14.3 Å². The van der Waals surface area contributed by atoms with E-state index in [1.807, 2.05) is 6.08 Å². The molecule has 1 fully saturated rings. The minimum Gasteiger partial charge on any atom is -0.422 e. The van der Waals surface area contributed by atoms with E-state index >= 15 is 0 Å². The molecule has 0 aliphatic carbocycles. The van der Waals surface area contributed by atoms with Crippen LogP contribution in [0.1, 0.15) is 27.2 Å². The third-order valence-electron chi connectivity index (χ3n) is 4.85. The Kier molecular flexibility index (Phi) is 4.72. The molecule has 1 unspecified atom stereocenters. The first-order chi connectivity index (χ1) is 9.82. The fourth-order valence-corrected chi connectivity index (χ4v) is 3.25. The number of rotatable bonds is 5. The number of ether oxygens (including phenoxy) is 2. The molecule has 2 aliphatic heterocycles. The molecule has 0 amide bonds. The molecule has 0 saturated carbocycles. The Morgan fingerprint density at radius 1 is 1.48 bits per heavy atom. The summed E-state index contributed by atoms with van der Waals surface area (Å²) >= 11 is 0. The zero-order valence-electron chi connectivity index (χ0n) is 13.1. The summed E-state index contributed by atoms with van der Waals surface area (Å²) in [6.07, 6.45) is 1.37. The van der Waals surface area contributed by atoms with E-state index in [-0.39, 0.29) is 12.0 Å². The van der Waals surface area contributed by atoms with Crippen molar-refractivity contribution in [1.29, 1.82) is 0 Å². The third-order valence-corrected chi connectivity index (χ3v) is 4.85. The molecule has 120 valence electrons. The Morgan fingerprint density at radius 3 is 2.71 bits per heavy atom. The van der Waals surface area contributed by atoms with Crippen molar-refractivity contribution < 1.29 is 29.4 Å². The fraction of sp³-hybridized carbons (Fsp3) is 0.800. The van der Waals surface area contributed by atoms with Crippen LogP contribution in [0.2, 0.25) is 0 Å². The summed E-state index contributed by atoms with van der Waals surface area (Å²) in [7, 11) is 1.45. The first-order valence-corrected chi connectivity index (χ1v) is 7.52. The lowest BCUT2D eigenvalue weighted by atomic mass is 9.85. The Balaban J connectivity index is 2.13. The van der Waals surface area contributed by atoms with Crippen molar-refractivity contribution in [1.82, 2.24) is 0 Å². The van der Waals surface area contributed by atoms with E-state index in [1.54, 1.807) is 20.8 Å². The first-order valence-electron chi connectivity index (χ1n) is 7.52. The normalized spacial score (nSPS) is 32.5. The minimum absolute atomic E-state index is 0.191. The number of aliphatic hydroxyl groups is 2. The van der Waals surface area contributed by atoms with E-state index in [4.69, 9.17) is 9.47 Å². The number of quaternary nitrogens is 1. The molecule has 0 spiro atoms. The highest BCUT2D eigenvalue weighted by atomic mass is 16.6. The van der Waals surface area contributed by atoms with Gasteiger partial charge >= 0.3 is 5.97 Å². The van der Waals surface area contributed by atoms with Crippen LogP contribution in [0.5, 0.6) is 0 Å². The number of hydrogen-bond acceptors (Lipinski definition) is 5. The number of hydrogen-bond donors (Lipinski definition) is 3. The van der Waals surface area contributed by atoms with E-state index in [2.05, 4.69) is 0 Å². The summed E-state index contributed by atoms with van der Waals surface area (Å²) in [5, 5.41) is 20.7. The lowest BCUT2D eigenvalue weighted by Gasteiger charge is -2.34. The van der Waals surface area contributed by atoms with Crippen LogP contribution in [0, 0.1) is 5.92 Å². The molecule has 6 heteroatoms. The van der Waals surface area contributed by atoms with Gasteiger partial charge in [-0.1, -0.05) is 13.8 Å². The second-order valence-electron chi connectivity index (χ2n) is 6.30. The number of carbonyl (C=O) groups is 1. The van der Waals surface area contributed by atoms with Crippen LogP contribution in [0.3, 0.4) is 0 Å². The zero-order chi connectivity index (χ0) is 15.8. The summed E-state index contributed by atoms with van der Waals surface area (Å²) in [4.78, 5) is 13.7. The quantitative estimate of drug-likeness (QED) is 0.560. The molecule has 6 nitrogen and oxygen atoms in total. The van der Waals surface area contributed by atoms with Gasteiger partial charge in [0.15, 0.2) is 17.4 Å². The van der Waals surface area contributed by atoms with Crippen molar-refractivity contribution in [2.75, 3.05) is 20.2 Å². The van der Waals surface area contributed by atoms with E-state index in [0.717, 1.165) is 13.1 Å². The van der Waals surface area contributed by atoms with E-state index in [9.17, 15) is 15.0 Å². The molecule has 0 aromatic carbocycles. The van der Waals surface area contributed by atoms with Crippen LogP contribution in [0.15, 0.2) is 11.8 Å². The molecule has 0 bridgehead atoms.